The van der Waals surface area contributed by atoms with Crippen molar-refractivity contribution in [3.8, 4) is 0 Å². The highest BCUT2D eigenvalue weighted by Crippen LogP contribution is 2.29. The topological polar surface area (TPSA) is 124 Å². The van der Waals surface area contributed by atoms with Gasteiger partial charge in [0.15, 0.2) is 9.84 Å². The molecule has 0 spiro atoms. The van der Waals surface area contributed by atoms with Crippen molar-refractivity contribution in [2.75, 3.05) is 12.3 Å². The molecular weight excluding hydrogens is 502 g/mol. The molecule has 4 rings (SSSR count). The van der Waals surface area contributed by atoms with Crippen molar-refractivity contribution in [3.63, 3.8) is 0 Å². The fourth-order valence-corrected chi connectivity index (χ4v) is 6.27. The Morgan fingerprint density at radius 3 is 2.62 bits per heavy atom. The SMILES string of the molecule is CCc1ccc2c(c1)C(NCC(O)C(Cc1cc(F)cc(F)c1)NC(=O)Cc1c[nH]cn1)CS(=O)(=O)C2. The summed E-state index contributed by atoms with van der Waals surface area (Å²) in [5.41, 5.74) is 3.42. The number of aliphatic hydroxyl groups excluding tert-OH is 1. The third-order valence-corrected chi connectivity index (χ3v) is 8.04. The van der Waals surface area contributed by atoms with E-state index >= 15 is 0 Å². The number of aromatic nitrogens is 2. The predicted octanol–water partition coefficient (Wildman–Crippen LogP) is 2.14. The zero-order chi connectivity index (χ0) is 26.6. The number of benzene rings is 2. The number of sulfone groups is 1. The maximum atomic E-state index is 13.8. The number of carbonyl (C=O) groups is 1. The Balaban J connectivity index is 1.51. The summed E-state index contributed by atoms with van der Waals surface area (Å²) >= 11 is 0. The second-order valence-electron chi connectivity index (χ2n) is 9.36. The van der Waals surface area contributed by atoms with Gasteiger partial charge in [-0.2, -0.15) is 0 Å². The summed E-state index contributed by atoms with van der Waals surface area (Å²) in [5.74, 6) is -2.11. The summed E-state index contributed by atoms with van der Waals surface area (Å²) in [6.07, 6.45) is 2.53. The van der Waals surface area contributed by atoms with Crippen LogP contribution in [0.15, 0.2) is 48.9 Å². The first-order valence-electron chi connectivity index (χ1n) is 12.1. The second-order valence-corrected chi connectivity index (χ2v) is 11.5. The fourth-order valence-electron chi connectivity index (χ4n) is 4.61. The monoisotopic (exact) mass is 532 g/mol. The number of nitrogens with one attached hydrogen (secondary N) is 3. The summed E-state index contributed by atoms with van der Waals surface area (Å²) in [4.78, 5) is 19.4. The van der Waals surface area contributed by atoms with E-state index in [4.69, 9.17) is 0 Å². The van der Waals surface area contributed by atoms with Crippen molar-refractivity contribution in [1.82, 2.24) is 20.6 Å². The molecule has 0 aliphatic carbocycles. The van der Waals surface area contributed by atoms with Crippen LogP contribution in [0.3, 0.4) is 0 Å². The molecule has 0 fully saturated rings. The number of hydrogen-bond donors (Lipinski definition) is 4. The van der Waals surface area contributed by atoms with Crippen molar-refractivity contribution < 1.29 is 27.1 Å². The smallest absolute Gasteiger partial charge is 0.226 e. The Morgan fingerprint density at radius 1 is 1.19 bits per heavy atom. The third kappa shape index (κ3) is 7.21. The van der Waals surface area contributed by atoms with Gasteiger partial charge in [-0.1, -0.05) is 25.1 Å². The molecular formula is C26H30F2N4O4S. The van der Waals surface area contributed by atoms with Gasteiger partial charge in [-0.25, -0.2) is 22.2 Å². The minimum Gasteiger partial charge on any atom is -0.390 e. The predicted molar refractivity (Wildman–Crippen MR) is 134 cm³/mol. The molecule has 37 heavy (non-hydrogen) atoms. The Morgan fingerprint density at radius 2 is 1.95 bits per heavy atom. The molecule has 4 N–H and O–H groups in total. The maximum absolute atomic E-state index is 13.8. The lowest BCUT2D eigenvalue weighted by atomic mass is 9.97. The fraction of sp³-hybridized carbons (Fsp3) is 0.385. The van der Waals surface area contributed by atoms with Crippen molar-refractivity contribution in [2.24, 2.45) is 0 Å². The molecule has 2 aromatic carbocycles. The Labute approximate surface area is 214 Å². The molecule has 1 aromatic heterocycles. The lowest BCUT2D eigenvalue weighted by molar-refractivity contribution is -0.122. The van der Waals surface area contributed by atoms with Crippen LogP contribution in [0.1, 0.15) is 40.9 Å². The molecule has 0 saturated carbocycles. The van der Waals surface area contributed by atoms with E-state index in [-0.39, 0.29) is 36.5 Å². The van der Waals surface area contributed by atoms with Gasteiger partial charge in [0.2, 0.25) is 5.91 Å². The highest BCUT2D eigenvalue weighted by atomic mass is 32.2. The average Bonchev–Trinajstić information content (AvgIpc) is 3.33. The van der Waals surface area contributed by atoms with Gasteiger partial charge in [0.25, 0.3) is 0 Å². The molecule has 1 aliphatic heterocycles. The van der Waals surface area contributed by atoms with Gasteiger partial charge in [-0.3, -0.25) is 4.79 Å². The van der Waals surface area contributed by atoms with Crippen molar-refractivity contribution in [2.45, 2.75) is 50.1 Å². The van der Waals surface area contributed by atoms with Gasteiger partial charge < -0.3 is 20.7 Å². The molecule has 198 valence electrons. The van der Waals surface area contributed by atoms with Gasteiger partial charge in [0.1, 0.15) is 11.6 Å². The summed E-state index contributed by atoms with van der Waals surface area (Å²) in [6.45, 7) is 1.96. The van der Waals surface area contributed by atoms with Gasteiger partial charge in [-0.15, -0.1) is 0 Å². The Kier molecular flexibility index (Phi) is 8.35. The first-order valence-corrected chi connectivity index (χ1v) is 13.9. The van der Waals surface area contributed by atoms with E-state index in [9.17, 15) is 27.1 Å². The van der Waals surface area contributed by atoms with Gasteiger partial charge in [0.05, 0.1) is 42.1 Å². The van der Waals surface area contributed by atoms with E-state index < -0.39 is 45.6 Å². The number of aromatic amines is 1. The highest BCUT2D eigenvalue weighted by molar-refractivity contribution is 7.90. The molecule has 0 bridgehead atoms. The Hall–Kier alpha value is -3.15. The summed E-state index contributed by atoms with van der Waals surface area (Å²) in [5, 5.41) is 16.9. The van der Waals surface area contributed by atoms with E-state index in [1.165, 1.54) is 6.33 Å². The summed E-state index contributed by atoms with van der Waals surface area (Å²) in [7, 11) is -3.35. The second kappa shape index (κ2) is 11.5. The first kappa shape index (κ1) is 26.9. The minimum atomic E-state index is -3.35. The molecule has 3 aromatic rings. The van der Waals surface area contributed by atoms with Gasteiger partial charge in [0, 0.05) is 24.8 Å². The average molecular weight is 533 g/mol. The molecule has 2 heterocycles. The Bertz CT molecular complexity index is 1330. The number of H-pyrrole nitrogens is 1. The largest absolute Gasteiger partial charge is 0.390 e. The van der Waals surface area contributed by atoms with Crippen LogP contribution >= 0.6 is 0 Å². The van der Waals surface area contributed by atoms with E-state index in [1.54, 1.807) is 6.20 Å². The van der Waals surface area contributed by atoms with Crippen LogP contribution in [-0.4, -0.2) is 53.8 Å². The number of fused-ring (bicyclic) bond motifs is 1. The maximum Gasteiger partial charge on any atom is 0.226 e. The number of hydrogen-bond acceptors (Lipinski definition) is 6. The van der Waals surface area contributed by atoms with Gasteiger partial charge in [-0.05, 0) is 47.2 Å². The quantitative estimate of drug-likeness (QED) is 0.317. The van der Waals surface area contributed by atoms with Crippen LogP contribution in [0, 0.1) is 11.6 Å². The normalized spacial score (nSPS) is 18.1. The number of halogens is 2. The van der Waals surface area contributed by atoms with Crippen LogP contribution in [0.4, 0.5) is 8.78 Å². The molecule has 11 heteroatoms. The standard InChI is InChI=1S/C26H30F2N4O4S/c1-2-16-3-4-18-13-37(35,36)14-24(22(18)7-16)30-12-25(33)23(8-17-5-19(27)9-20(28)6-17)32-26(34)10-21-11-29-15-31-21/h3-7,9,11,15,23-25,30,33H,2,8,10,12-14H2,1H3,(H,29,31)(H,32,34). The lowest BCUT2D eigenvalue weighted by Crippen LogP contribution is -2.50. The van der Waals surface area contributed by atoms with E-state index in [1.807, 2.05) is 25.1 Å². The number of carbonyl (C=O) groups excluding carboxylic acids is 1. The molecule has 3 unspecified atom stereocenters. The van der Waals surface area contributed by atoms with E-state index in [2.05, 4.69) is 20.6 Å². The van der Waals surface area contributed by atoms with Crippen molar-refractivity contribution in [1.29, 1.82) is 0 Å². The summed E-state index contributed by atoms with van der Waals surface area (Å²) in [6, 6.07) is 7.31. The number of imidazole rings is 1. The minimum absolute atomic E-state index is 0.0376. The van der Waals surface area contributed by atoms with Crippen LogP contribution < -0.4 is 10.6 Å². The van der Waals surface area contributed by atoms with Gasteiger partial charge >= 0.3 is 0 Å². The van der Waals surface area contributed by atoms with Crippen LogP contribution in [0.2, 0.25) is 0 Å². The molecule has 1 amide bonds. The molecule has 0 saturated heterocycles. The molecule has 3 atom stereocenters. The van der Waals surface area contributed by atoms with E-state index in [0.717, 1.165) is 41.3 Å². The molecule has 0 radical (unpaired) electrons. The third-order valence-electron chi connectivity index (χ3n) is 6.45. The van der Waals surface area contributed by atoms with Crippen LogP contribution in [0.25, 0.3) is 0 Å². The molecule has 8 nitrogen and oxygen atoms in total. The number of aliphatic hydroxyl groups is 1. The number of rotatable bonds is 10. The lowest BCUT2D eigenvalue weighted by Gasteiger charge is -2.30. The summed E-state index contributed by atoms with van der Waals surface area (Å²) < 4.78 is 52.6. The van der Waals surface area contributed by atoms with Crippen molar-refractivity contribution in [3.05, 3.63) is 88.5 Å². The highest BCUT2D eigenvalue weighted by Gasteiger charge is 2.31. The molecule has 1 aliphatic rings. The number of nitrogens with zero attached hydrogens (tertiary/aromatic N) is 1. The number of amides is 1. The van der Waals surface area contributed by atoms with Crippen LogP contribution in [0.5, 0.6) is 0 Å². The van der Waals surface area contributed by atoms with E-state index in [0.29, 0.717) is 5.69 Å². The zero-order valence-electron chi connectivity index (χ0n) is 20.4. The van der Waals surface area contributed by atoms with Crippen molar-refractivity contribution >= 4 is 15.7 Å². The number of aryl methyl sites for hydroxylation is 1. The zero-order valence-corrected chi connectivity index (χ0v) is 21.2. The first-order chi connectivity index (χ1) is 17.6. The van der Waals surface area contributed by atoms with Crippen LogP contribution in [-0.2, 0) is 39.6 Å².